The summed E-state index contributed by atoms with van der Waals surface area (Å²) in [7, 11) is 0. The lowest BCUT2D eigenvalue weighted by molar-refractivity contribution is -0.120. The van der Waals surface area contributed by atoms with E-state index in [1.807, 2.05) is 0 Å². The van der Waals surface area contributed by atoms with Crippen LogP contribution in [0.4, 0.5) is 0 Å². The standard InChI is InChI=1S/C10H19NO/c1-2-3-4-7-10(12)9-6-5-8-11-9/h9,11H,2-8H2,1H3. The van der Waals surface area contributed by atoms with Crippen molar-refractivity contribution in [2.75, 3.05) is 6.54 Å². The summed E-state index contributed by atoms with van der Waals surface area (Å²) < 4.78 is 0. The van der Waals surface area contributed by atoms with E-state index in [0.717, 1.165) is 25.8 Å². The van der Waals surface area contributed by atoms with Crippen molar-refractivity contribution in [3.05, 3.63) is 0 Å². The fourth-order valence-electron chi connectivity index (χ4n) is 1.68. The van der Waals surface area contributed by atoms with Gasteiger partial charge in [-0.2, -0.15) is 0 Å². The highest BCUT2D eigenvalue weighted by atomic mass is 16.1. The van der Waals surface area contributed by atoms with Crippen LogP contribution < -0.4 is 5.32 Å². The summed E-state index contributed by atoms with van der Waals surface area (Å²) in [4.78, 5) is 11.5. The fraction of sp³-hybridized carbons (Fsp3) is 0.900. The molecule has 0 amide bonds. The third kappa shape index (κ3) is 2.94. The summed E-state index contributed by atoms with van der Waals surface area (Å²) in [5.41, 5.74) is 0. The first-order valence-electron chi connectivity index (χ1n) is 5.10. The molecule has 0 aliphatic carbocycles. The lowest BCUT2D eigenvalue weighted by Crippen LogP contribution is -2.30. The van der Waals surface area contributed by atoms with Gasteiger partial charge in [0, 0.05) is 6.42 Å². The van der Waals surface area contributed by atoms with Crippen molar-refractivity contribution in [3.8, 4) is 0 Å². The van der Waals surface area contributed by atoms with E-state index < -0.39 is 0 Å². The van der Waals surface area contributed by atoms with Gasteiger partial charge in [0.25, 0.3) is 0 Å². The molecular formula is C10H19NO. The molecule has 1 heterocycles. The lowest BCUT2D eigenvalue weighted by atomic mass is 10.0. The molecule has 0 aromatic carbocycles. The molecular weight excluding hydrogens is 150 g/mol. The minimum Gasteiger partial charge on any atom is -0.307 e. The second-order valence-electron chi connectivity index (χ2n) is 3.57. The van der Waals surface area contributed by atoms with Crippen LogP contribution in [0.3, 0.4) is 0 Å². The average molecular weight is 169 g/mol. The monoisotopic (exact) mass is 169 g/mol. The Balaban J connectivity index is 2.10. The number of carbonyl (C=O) groups excluding carboxylic acids is 1. The summed E-state index contributed by atoms with van der Waals surface area (Å²) in [6, 6.07) is 0.196. The summed E-state index contributed by atoms with van der Waals surface area (Å²) in [5.74, 6) is 0.431. The maximum Gasteiger partial charge on any atom is 0.149 e. The molecule has 1 aliphatic rings. The molecule has 2 heteroatoms. The highest BCUT2D eigenvalue weighted by molar-refractivity contribution is 5.84. The smallest absolute Gasteiger partial charge is 0.149 e. The normalized spacial score (nSPS) is 22.9. The number of Topliss-reactive ketones (excluding diaryl/α,β-unsaturated/α-hetero) is 1. The first-order chi connectivity index (χ1) is 5.84. The van der Waals surface area contributed by atoms with Crippen molar-refractivity contribution < 1.29 is 4.79 Å². The van der Waals surface area contributed by atoms with Gasteiger partial charge in [-0.3, -0.25) is 4.79 Å². The van der Waals surface area contributed by atoms with Crippen molar-refractivity contribution in [1.29, 1.82) is 0 Å². The van der Waals surface area contributed by atoms with Crippen molar-refractivity contribution in [2.45, 2.75) is 51.5 Å². The van der Waals surface area contributed by atoms with Crippen molar-refractivity contribution in [3.63, 3.8) is 0 Å². The average Bonchev–Trinajstić information content (AvgIpc) is 2.56. The Morgan fingerprint density at radius 1 is 1.50 bits per heavy atom. The number of rotatable bonds is 5. The maximum atomic E-state index is 11.5. The molecule has 2 nitrogen and oxygen atoms in total. The molecule has 1 unspecified atom stereocenters. The Labute approximate surface area is 74.7 Å². The molecule has 1 rings (SSSR count). The molecule has 1 fully saturated rings. The van der Waals surface area contributed by atoms with Crippen LogP contribution in [0.15, 0.2) is 0 Å². The molecule has 0 bridgehead atoms. The van der Waals surface area contributed by atoms with Gasteiger partial charge in [0.15, 0.2) is 0 Å². The minimum atomic E-state index is 0.196. The molecule has 0 spiro atoms. The first-order valence-corrected chi connectivity index (χ1v) is 5.10. The Morgan fingerprint density at radius 2 is 2.33 bits per heavy atom. The largest absolute Gasteiger partial charge is 0.307 e. The summed E-state index contributed by atoms with van der Waals surface area (Å²) >= 11 is 0. The van der Waals surface area contributed by atoms with E-state index in [4.69, 9.17) is 0 Å². The summed E-state index contributed by atoms with van der Waals surface area (Å²) in [5, 5.41) is 3.23. The fourth-order valence-corrected chi connectivity index (χ4v) is 1.68. The van der Waals surface area contributed by atoms with Gasteiger partial charge in [0.05, 0.1) is 6.04 Å². The molecule has 0 aromatic heterocycles. The van der Waals surface area contributed by atoms with Crippen LogP contribution in [-0.4, -0.2) is 18.4 Å². The second kappa shape index (κ2) is 5.31. The van der Waals surface area contributed by atoms with E-state index in [-0.39, 0.29) is 6.04 Å². The van der Waals surface area contributed by atoms with Gasteiger partial charge in [0.2, 0.25) is 0 Å². The number of unbranched alkanes of at least 4 members (excludes halogenated alkanes) is 2. The number of nitrogens with one attached hydrogen (secondary N) is 1. The van der Waals surface area contributed by atoms with E-state index in [0.29, 0.717) is 5.78 Å². The summed E-state index contributed by atoms with van der Waals surface area (Å²) in [6.07, 6.45) is 6.48. The third-order valence-electron chi connectivity index (χ3n) is 2.48. The summed E-state index contributed by atoms with van der Waals surface area (Å²) in [6.45, 7) is 3.20. The van der Waals surface area contributed by atoms with E-state index in [9.17, 15) is 4.79 Å². The molecule has 70 valence electrons. The quantitative estimate of drug-likeness (QED) is 0.637. The Morgan fingerprint density at radius 3 is 2.92 bits per heavy atom. The zero-order valence-electron chi connectivity index (χ0n) is 7.94. The van der Waals surface area contributed by atoms with Crippen molar-refractivity contribution in [1.82, 2.24) is 5.32 Å². The van der Waals surface area contributed by atoms with E-state index in [1.54, 1.807) is 0 Å². The molecule has 0 radical (unpaired) electrons. The van der Waals surface area contributed by atoms with Gasteiger partial charge in [-0.15, -0.1) is 0 Å². The Bertz CT molecular complexity index is 139. The SMILES string of the molecule is CCCCCC(=O)C1CCCN1. The molecule has 1 atom stereocenters. The van der Waals surface area contributed by atoms with E-state index in [2.05, 4.69) is 12.2 Å². The Kier molecular flexibility index (Phi) is 4.30. The van der Waals surface area contributed by atoms with Crippen LogP contribution in [0.25, 0.3) is 0 Å². The molecule has 1 aliphatic heterocycles. The van der Waals surface area contributed by atoms with Crippen LogP contribution in [0.5, 0.6) is 0 Å². The Hall–Kier alpha value is -0.370. The van der Waals surface area contributed by atoms with Crippen LogP contribution in [0, 0.1) is 0 Å². The van der Waals surface area contributed by atoms with Crippen molar-refractivity contribution >= 4 is 5.78 Å². The molecule has 0 saturated carbocycles. The molecule has 1 saturated heterocycles. The van der Waals surface area contributed by atoms with Gasteiger partial charge < -0.3 is 5.32 Å². The number of ketones is 1. The lowest BCUT2D eigenvalue weighted by Gasteiger charge is -2.07. The van der Waals surface area contributed by atoms with Crippen LogP contribution >= 0.6 is 0 Å². The minimum absolute atomic E-state index is 0.196. The zero-order chi connectivity index (χ0) is 8.81. The number of hydrogen-bond donors (Lipinski definition) is 1. The second-order valence-corrected chi connectivity index (χ2v) is 3.57. The first kappa shape index (κ1) is 9.72. The van der Waals surface area contributed by atoms with Crippen LogP contribution in [0.2, 0.25) is 0 Å². The molecule has 0 aromatic rings. The highest BCUT2D eigenvalue weighted by Gasteiger charge is 2.20. The zero-order valence-corrected chi connectivity index (χ0v) is 7.94. The van der Waals surface area contributed by atoms with Crippen LogP contribution in [-0.2, 0) is 4.79 Å². The third-order valence-corrected chi connectivity index (χ3v) is 2.48. The number of carbonyl (C=O) groups is 1. The highest BCUT2D eigenvalue weighted by Crippen LogP contribution is 2.10. The topological polar surface area (TPSA) is 29.1 Å². The molecule has 12 heavy (non-hydrogen) atoms. The molecule has 1 N–H and O–H groups in total. The number of hydrogen-bond acceptors (Lipinski definition) is 2. The van der Waals surface area contributed by atoms with E-state index >= 15 is 0 Å². The van der Waals surface area contributed by atoms with Gasteiger partial charge >= 0.3 is 0 Å². The van der Waals surface area contributed by atoms with E-state index in [1.165, 1.54) is 19.3 Å². The predicted octanol–water partition coefficient (Wildman–Crippen LogP) is 1.89. The van der Waals surface area contributed by atoms with Gasteiger partial charge in [-0.25, -0.2) is 0 Å². The van der Waals surface area contributed by atoms with Gasteiger partial charge in [-0.1, -0.05) is 19.8 Å². The predicted molar refractivity (Wildman–Crippen MR) is 50.2 cm³/mol. The van der Waals surface area contributed by atoms with Gasteiger partial charge in [-0.05, 0) is 25.8 Å². The van der Waals surface area contributed by atoms with Gasteiger partial charge in [0.1, 0.15) is 5.78 Å². The van der Waals surface area contributed by atoms with Crippen LogP contribution in [0.1, 0.15) is 45.4 Å². The maximum absolute atomic E-state index is 11.5. The van der Waals surface area contributed by atoms with Crippen molar-refractivity contribution in [2.24, 2.45) is 0 Å².